The Balaban J connectivity index is 1.63. The molecule has 0 saturated heterocycles. The molecule has 2 N–H and O–H groups in total. The number of aryl methyl sites for hydroxylation is 1. The number of para-hydroxylation sites is 1. The Morgan fingerprint density at radius 2 is 1.96 bits per heavy atom. The molecule has 0 aliphatic heterocycles. The van der Waals surface area contributed by atoms with Crippen molar-refractivity contribution in [3.63, 3.8) is 0 Å². The standard InChI is InChI=1S/C21H21N3O2/c1-26-18-8-4-7-16-19(23-21(22)24-20(16)18)17(25)12-13-9-10-14-5-2-3-6-15(14)11-13/h2-8,13H,9-12H2,1H3,(H2,22,23,24). The third kappa shape index (κ3) is 3.01. The monoisotopic (exact) mass is 347 g/mol. The van der Waals surface area contributed by atoms with Gasteiger partial charge in [0.25, 0.3) is 0 Å². The van der Waals surface area contributed by atoms with Crippen LogP contribution < -0.4 is 10.5 Å². The van der Waals surface area contributed by atoms with Gasteiger partial charge >= 0.3 is 0 Å². The highest BCUT2D eigenvalue weighted by Crippen LogP contribution is 2.31. The van der Waals surface area contributed by atoms with E-state index in [1.54, 1.807) is 13.2 Å². The number of hydrogen-bond acceptors (Lipinski definition) is 5. The third-order valence-electron chi connectivity index (χ3n) is 5.11. The van der Waals surface area contributed by atoms with Crippen LogP contribution in [-0.4, -0.2) is 22.9 Å². The van der Waals surface area contributed by atoms with E-state index >= 15 is 0 Å². The normalized spacial score (nSPS) is 16.3. The van der Waals surface area contributed by atoms with E-state index in [1.807, 2.05) is 12.1 Å². The van der Waals surface area contributed by atoms with E-state index in [-0.39, 0.29) is 11.7 Å². The molecule has 132 valence electrons. The number of rotatable bonds is 4. The first-order valence-electron chi connectivity index (χ1n) is 8.86. The van der Waals surface area contributed by atoms with Gasteiger partial charge in [-0.15, -0.1) is 0 Å². The zero-order valence-corrected chi connectivity index (χ0v) is 14.7. The number of nitrogen functional groups attached to an aromatic ring is 1. The number of fused-ring (bicyclic) bond motifs is 2. The van der Waals surface area contributed by atoms with E-state index in [0.29, 0.717) is 34.7 Å². The predicted octanol–water partition coefficient (Wildman–Crippen LogP) is 3.60. The molecule has 5 heteroatoms. The minimum atomic E-state index is 0.0155. The Hall–Kier alpha value is -2.95. The maximum atomic E-state index is 13.0. The second-order valence-corrected chi connectivity index (χ2v) is 6.79. The van der Waals surface area contributed by atoms with E-state index in [0.717, 1.165) is 19.3 Å². The SMILES string of the molecule is COc1cccc2c(C(=O)CC3CCc4ccccc4C3)nc(N)nc12. The van der Waals surface area contributed by atoms with Gasteiger partial charge in [-0.2, -0.15) is 0 Å². The lowest BCUT2D eigenvalue weighted by Crippen LogP contribution is -2.19. The number of nitrogens with two attached hydrogens (primary N) is 1. The number of aromatic nitrogens is 2. The number of benzene rings is 2. The summed E-state index contributed by atoms with van der Waals surface area (Å²) in [6.07, 6.45) is 3.44. The smallest absolute Gasteiger partial charge is 0.221 e. The Labute approximate surface area is 152 Å². The van der Waals surface area contributed by atoms with E-state index in [1.165, 1.54) is 11.1 Å². The van der Waals surface area contributed by atoms with Crippen molar-refractivity contribution in [2.75, 3.05) is 12.8 Å². The summed E-state index contributed by atoms with van der Waals surface area (Å²) in [6.45, 7) is 0. The molecule has 1 aliphatic rings. The summed E-state index contributed by atoms with van der Waals surface area (Å²) in [7, 11) is 1.58. The van der Waals surface area contributed by atoms with Crippen molar-refractivity contribution in [3.05, 3.63) is 59.3 Å². The van der Waals surface area contributed by atoms with E-state index in [4.69, 9.17) is 10.5 Å². The summed E-state index contributed by atoms with van der Waals surface area (Å²) >= 11 is 0. The van der Waals surface area contributed by atoms with Crippen molar-refractivity contribution in [3.8, 4) is 5.75 Å². The third-order valence-corrected chi connectivity index (χ3v) is 5.11. The van der Waals surface area contributed by atoms with Gasteiger partial charge in [0.05, 0.1) is 7.11 Å². The fraction of sp³-hybridized carbons (Fsp3) is 0.286. The number of Topliss-reactive ketones (excluding diaryl/α,β-unsaturated/α-hetero) is 1. The molecule has 0 spiro atoms. The molecule has 0 amide bonds. The summed E-state index contributed by atoms with van der Waals surface area (Å²) in [4.78, 5) is 21.5. The van der Waals surface area contributed by atoms with Crippen LogP contribution in [0.15, 0.2) is 42.5 Å². The lowest BCUT2D eigenvalue weighted by molar-refractivity contribution is 0.0954. The topological polar surface area (TPSA) is 78.1 Å². The maximum Gasteiger partial charge on any atom is 0.221 e. The highest BCUT2D eigenvalue weighted by Gasteiger charge is 2.24. The summed E-state index contributed by atoms with van der Waals surface area (Å²) in [5.41, 5.74) is 9.58. The Kier molecular flexibility index (Phi) is 4.29. The second kappa shape index (κ2) is 6.75. The number of methoxy groups -OCH3 is 1. The molecule has 1 atom stereocenters. The van der Waals surface area contributed by atoms with Crippen LogP contribution in [-0.2, 0) is 12.8 Å². The summed E-state index contributed by atoms with van der Waals surface area (Å²) < 4.78 is 5.35. The quantitative estimate of drug-likeness (QED) is 0.730. The van der Waals surface area contributed by atoms with Crippen LogP contribution >= 0.6 is 0 Å². The number of ether oxygens (including phenoxy) is 1. The average molecular weight is 347 g/mol. The number of carbonyl (C=O) groups excluding carboxylic acids is 1. The zero-order valence-electron chi connectivity index (χ0n) is 14.7. The van der Waals surface area contributed by atoms with Crippen LogP contribution in [0.5, 0.6) is 5.75 Å². The lowest BCUT2D eigenvalue weighted by Gasteiger charge is -2.24. The minimum absolute atomic E-state index is 0.0155. The van der Waals surface area contributed by atoms with Gasteiger partial charge in [0.15, 0.2) is 5.78 Å². The number of anilines is 1. The van der Waals surface area contributed by atoms with E-state index in [9.17, 15) is 4.79 Å². The fourth-order valence-corrected chi connectivity index (χ4v) is 3.83. The van der Waals surface area contributed by atoms with Crippen LogP contribution in [0.4, 0.5) is 5.95 Å². The van der Waals surface area contributed by atoms with Gasteiger partial charge < -0.3 is 10.5 Å². The molecule has 3 aromatic rings. The van der Waals surface area contributed by atoms with Crippen molar-refractivity contribution in [1.29, 1.82) is 0 Å². The van der Waals surface area contributed by atoms with Gasteiger partial charge in [-0.1, -0.05) is 36.4 Å². The lowest BCUT2D eigenvalue weighted by atomic mass is 9.81. The van der Waals surface area contributed by atoms with Gasteiger partial charge in [-0.05, 0) is 42.4 Å². The molecular formula is C21H21N3O2. The molecule has 0 fully saturated rings. The van der Waals surface area contributed by atoms with Crippen LogP contribution in [0, 0.1) is 5.92 Å². The molecule has 1 aliphatic carbocycles. The summed E-state index contributed by atoms with van der Waals surface area (Å²) in [5, 5.41) is 0.694. The molecule has 0 bridgehead atoms. The molecule has 4 rings (SSSR count). The van der Waals surface area contributed by atoms with Crippen molar-refractivity contribution >= 4 is 22.6 Å². The number of carbonyl (C=O) groups is 1. The number of ketones is 1. The molecule has 0 radical (unpaired) electrons. The molecule has 1 unspecified atom stereocenters. The number of nitrogens with zero attached hydrogens (tertiary/aromatic N) is 2. The summed E-state index contributed by atoms with van der Waals surface area (Å²) in [5.74, 6) is 1.03. The number of hydrogen-bond donors (Lipinski definition) is 1. The van der Waals surface area contributed by atoms with Crippen molar-refractivity contribution < 1.29 is 9.53 Å². The Bertz CT molecular complexity index is 984. The molecule has 1 aromatic heterocycles. The highest BCUT2D eigenvalue weighted by molar-refractivity contribution is 6.07. The predicted molar refractivity (Wildman–Crippen MR) is 101 cm³/mol. The van der Waals surface area contributed by atoms with Crippen LogP contribution in [0.3, 0.4) is 0 Å². The zero-order chi connectivity index (χ0) is 18.1. The molecular weight excluding hydrogens is 326 g/mol. The molecule has 0 saturated carbocycles. The maximum absolute atomic E-state index is 13.0. The summed E-state index contributed by atoms with van der Waals surface area (Å²) in [6, 6.07) is 14.0. The van der Waals surface area contributed by atoms with Gasteiger partial charge in [-0.3, -0.25) is 4.79 Å². The molecule has 2 aromatic carbocycles. The van der Waals surface area contributed by atoms with E-state index in [2.05, 4.69) is 34.2 Å². The van der Waals surface area contributed by atoms with Crippen LogP contribution in [0.1, 0.15) is 34.5 Å². The average Bonchev–Trinajstić information content (AvgIpc) is 2.66. The first-order chi connectivity index (χ1) is 12.7. The molecule has 5 nitrogen and oxygen atoms in total. The van der Waals surface area contributed by atoms with Crippen molar-refractivity contribution in [1.82, 2.24) is 9.97 Å². The van der Waals surface area contributed by atoms with Gasteiger partial charge in [0.1, 0.15) is 17.0 Å². The van der Waals surface area contributed by atoms with Crippen LogP contribution in [0.2, 0.25) is 0 Å². The van der Waals surface area contributed by atoms with Gasteiger partial charge in [0.2, 0.25) is 5.95 Å². The van der Waals surface area contributed by atoms with Crippen molar-refractivity contribution in [2.45, 2.75) is 25.7 Å². The molecule has 1 heterocycles. The fourth-order valence-electron chi connectivity index (χ4n) is 3.83. The van der Waals surface area contributed by atoms with Gasteiger partial charge in [0, 0.05) is 11.8 Å². The van der Waals surface area contributed by atoms with Crippen LogP contribution in [0.25, 0.3) is 10.9 Å². The minimum Gasteiger partial charge on any atom is -0.494 e. The van der Waals surface area contributed by atoms with Gasteiger partial charge in [-0.25, -0.2) is 9.97 Å². The Morgan fingerprint density at radius 1 is 1.15 bits per heavy atom. The Morgan fingerprint density at radius 3 is 2.77 bits per heavy atom. The molecule has 26 heavy (non-hydrogen) atoms. The first kappa shape index (κ1) is 16.5. The first-order valence-corrected chi connectivity index (χ1v) is 8.86. The largest absolute Gasteiger partial charge is 0.494 e. The van der Waals surface area contributed by atoms with Crippen molar-refractivity contribution in [2.24, 2.45) is 5.92 Å². The second-order valence-electron chi connectivity index (χ2n) is 6.79. The highest BCUT2D eigenvalue weighted by atomic mass is 16.5. The van der Waals surface area contributed by atoms with E-state index < -0.39 is 0 Å².